The molecule has 0 unspecified atom stereocenters. The standard InChI is InChI=1S/C16H17ClN2O/c1-11-4-2-3-5-12(11)8-9-19-16(20)14-10-13(18)6-7-15(14)17/h2-7,10H,8-9,18H2,1H3,(H,19,20). The first-order valence-electron chi connectivity index (χ1n) is 6.45. The maximum absolute atomic E-state index is 12.0. The van der Waals surface area contributed by atoms with Crippen molar-refractivity contribution in [3.63, 3.8) is 0 Å². The average Bonchev–Trinajstić information content (AvgIpc) is 2.43. The Morgan fingerprint density at radius 2 is 2.00 bits per heavy atom. The van der Waals surface area contributed by atoms with Gasteiger partial charge >= 0.3 is 0 Å². The van der Waals surface area contributed by atoms with Crippen molar-refractivity contribution in [2.24, 2.45) is 0 Å². The second-order valence-electron chi connectivity index (χ2n) is 4.67. The second-order valence-corrected chi connectivity index (χ2v) is 5.08. The number of halogens is 1. The van der Waals surface area contributed by atoms with E-state index in [0.717, 1.165) is 6.42 Å². The smallest absolute Gasteiger partial charge is 0.252 e. The lowest BCUT2D eigenvalue weighted by molar-refractivity contribution is 0.0954. The number of benzene rings is 2. The van der Waals surface area contributed by atoms with Gasteiger partial charge in [-0.25, -0.2) is 0 Å². The number of carbonyl (C=O) groups excluding carboxylic acids is 1. The number of rotatable bonds is 4. The highest BCUT2D eigenvalue weighted by Gasteiger charge is 2.10. The Labute approximate surface area is 123 Å². The molecule has 3 nitrogen and oxygen atoms in total. The van der Waals surface area contributed by atoms with Crippen LogP contribution < -0.4 is 11.1 Å². The van der Waals surface area contributed by atoms with Crippen LogP contribution in [0, 0.1) is 6.92 Å². The van der Waals surface area contributed by atoms with E-state index in [0.29, 0.717) is 22.8 Å². The summed E-state index contributed by atoms with van der Waals surface area (Å²) < 4.78 is 0. The molecule has 0 bridgehead atoms. The summed E-state index contributed by atoms with van der Waals surface area (Å²) >= 11 is 6.00. The van der Waals surface area contributed by atoms with Crippen LogP contribution in [0.5, 0.6) is 0 Å². The predicted octanol–water partition coefficient (Wildman–Crippen LogP) is 3.20. The SMILES string of the molecule is Cc1ccccc1CCNC(=O)c1cc(N)ccc1Cl. The molecule has 0 spiro atoms. The first kappa shape index (κ1) is 14.4. The van der Waals surface area contributed by atoms with Crippen LogP contribution in [-0.2, 0) is 6.42 Å². The number of aryl methyl sites for hydroxylation is 1. The number of nitrogens with two attached hydrogens (primary N) is 1. The van der Waals surface area contributed by atoms with Crippen LogP contribution in [-0.4, -0.2) is 12.5 Å². The first-order valence-corrected chi connectivity index (χ1v) is 6.83. The van der Waals surface area contributed by atoms with Crippen LogP contribution in [0.2, 0.25) is 5.02 Å². The zero-order valence-electron chi connectivity index (χ0n) is 11.3. The van der Waals surface area contributed by atoms with Gasteiger partial charge in [-0.05, 0) is 42.7 Å². The molecule has 1 amide bonds. The number of hydrogen-bond donors (Lipinski definition) is 2. The largest absolute Gasteiger partial charge is 0.399 e. The van der Waals surface area contributed by atoms with Crippen molar-refractivity contribution in [1.82, 2.24) is 5.32 Å². The maximum atomic E-state index is 12.0. The van der Waals surface area contributed by atoms with Gasteiger partial charge in [0.1, 0.15) is 0 Å². The molecule has 20 heavy (non-hydrogen) atoms. The average molecular weight is 289 g/mol. The van der Waals surface area contributed by atoms with E-state index in [-0.39, 0.29) is 5.91 Å². The number of nitrogen functional groups attached to an aromatic ring is 1. The molecule has 0 fully saturated rings. The number of nitrogens with one attached hydrogen (secondary N) is 1. The molecule has 2 aromatic rings. The minimum absolute atomic E-state index is 0.198. The van der Waals surface area contributed by atoms with Gasteiger partial charge in [0.25, 0.3) is 5.91 Å². The Hall–Kier alpha value is -2.00. The molecule has 4 heteroatoms. The minimum Gasteiger partial charge on any atom is -0.399 e. The molecule has 0 saturated heterocycles. The molecule has 104 valence electrons. The van der Waals surface area contributed by atoms with Crippen molar-refractivity contribution >= 4 is 23.2 Å². The molecule has 2 rings (SSSR count). The zero-order chi connectivity index (χ0) is 14.5. The molecule has 0 atom stereocenters. The third-order valence-electron chi connectivity index (χ3n) is 3.18. The van der Waals surface area contributed by atoms with Crippen LogP contribution in [0.1, 0.15) is 21.5 Å². The number of hydrogen-bond acceptors (Lipinski definition) is 2. The van der Waals surface area contributed by atoms with Gasteiger partial charge < -0.3 is 11.1 Å². The minimum atomic E-state index is -0.198. The van der Waals surface area contributed by atoms with Crippen molar-refractivity contribution in [3.05, 3.63) is 64.2 Å². The van der Waals surface area contributed by atoms with Crippen molar-refractivity contribution in [1.29, 1.82) is 0 Å². The quantitative estimate of drug-likeness (QED) is 0.849. The lowest BCUT2D eigenvalue weighted by Gasteiger charge is -2.09. The van der Waals surface area contributed by atoms with E-state index in [4.69, 9.17) is 17.3 Å². The van der Waals surface area contributed by atoms with Gasteiger partial charge in [-0.1, -0.05) is 35.9 Å². The van der Waals surface area contributed by atoms with Crippen LogP contribution >= 0.6 is 11.6 Å². The second kappa shape index (κ2) is 6.44. The molecule has 0 aliphatic rings. The Morgan fingerprint density at radius 3 is 2.75 bits per heavy atom. The predicted molar refractivity (Wildman–Crippen MR) is 83.1 cm³/mol. The Balaban J connectivity index is 1.96. The van der Waals surface area contributed by atoms with E-state index in [1.807, 2.05) is 12.1 Å². The number of amides is 1. The van der Waals surface area contributed by atoms with Crippen LogP contribution in [0.4, 0.5) is 5.69 Å². The Morgan fingerprint density at radius 1 is 1.25 bits per heavy atom. The topological polar surface area (TPSA) is 55.1 Å². The summed E-state index contributed by atoms with van der Waals surface area (Å²) in [6.07, 6.45) is 0.790. The molecule has 0 aromatic heterocycles. The molecular formula is C16H17ClN2O. The summed E-state index contributed by atoms with van der Waals surface area (Å²) in [4.78, 5) is 12.0. The summed E-state index contributed by atoms with van der Waals surface area (Å²) in [5.74, 6) is -0.198. The lowest BCUT2D eigenvalue weighted by atomic mass is 10.1. The summed E-state index contributed by atoms with van der Waals surface area (Å²) in [5.41, 5.74) is 9.06. The summed E-state index contributed by atoms with van der Waals surface area (Å²) in [7, 11) is 0. The van der Waals surface area contributed by atoms with E-state index in [9.17, 15) is 4.79 Å². The van der Waals surface area contributed by atoms with Gasteiger partial charge in [-0.15, -0.1) is 0 Å². The number of anilines is 1. The van der Waals surface area contributed by atoms with Crippen molar-refractivity contribution < 1.29 is 4.79 Å². The van der Waals surface area contributed by atoms with E-state index < -0.39 is 0 Å². The molecule has 0 saturated carbocycles. The van der Waals surface area contributed by atoms with Gasteiger partial charge in [0.15, 0.2) is 0 Å². The maximum Gasteiger partial charge on any atom is 0.252 e. The molecule has 0 aliphatic carbocycles. The Bertz CT molecular complexity index is 626. The van der Waals surface area contributed by atoms with E-state index in [2.05, 4.69) is 24.4 Å². The third-order valence-corrected chi connectivity index (χ3v) is 3.51. The van der Waals surface area contributed by atoms with E-state index >= 15 is 0 Å². The monoisotopic (exact) mass is 288 g/mol. The fourth-order valence-corrected chi connectivity index (χ4v) is 2.22. The zero-order valence-corrected chi connectivity index (χ0v) is 12.1. The highest BCUT2D eigenvalue weighted by molar-refractivity contribution is 6.34. The van der Waals surface area contributed by atoms with Gasteiger partial charge in [-0.2, -0.15) is 0 Å². The van der Waals surface area contributed by atoms with Crippen molar-refractivity contribution in [3.8, 4) is 0 Å². The molecule has 0 radical (unpaired) electrons. The molecule has 0 aliphatic heterocycles. The van der Waals surface area contributed by atoms with E-state index in [1.54, 1.807) is 18.2 Å². The molecule has 0 heterocycles. The fourth-order valence-electron chi connectivity index (χ4n) is 2.01. The lowest BCUT2D eigenvalue weighted by Crippen LogP contribution is -2.26. The van der Waals surface area contributed by atoms with Gasteiger partial charge in [0.05, 0.1) is 10.6 Å². The fraction of sp³-hybridized carbons (Fsp3) is 0.188. The molecular weight excluding hydrogens is 272 g/mol. The summed E-state index contributed by atoms with van der Waals surface area (Å²) in [6.45, 7) is 2.63. The highest BCUT2D eigenvalue weighted by atomic mass is 35.5. The van der Waals surface area contributed by atoms with Crippen molar-refractivity contribution in [2.75, 3.05) is 12.3 Å². The molecule has 3 N–H and O–H groups in total. The third kappa shape index (κ3) is 3.52. The first-order chi connectivity index (χ1) is 9.58. The Kier molecular flexibility index (Phi) is 4.64. The van der Waals surface area contributed by atoms with Gasteiger partial charge in [0.2, 0.25) is 0 Å². The van der Waals surface area contributed by atoms with Crippen LogP contribution in [0.25, 0.3) is 0 Å². The number of carbonyl (C=O) groups is 1. The molecule has 2 aromatic carbocycles. The van der Waals surface area contributed by atoms with Crippen LogP contribution in [0.3, 0.4) is 0 Å². The summed E-state index contributed by atoms with van der Waals surface area (Å²) in [5, 5.41) is 3.27. The van der Waals surface area contributed by atoms with Crippen molar-refractivity contribution in [2.45, 2.75) is 13.3 Å². The summed E-state index contributed by atoms with van der Waals surface area (Å²) in [6, 6.07) is 13.0. The van der Waals surface area contributed by atoms with Crippen LogP contribution in [0.15, 0.2) is 42.5 Å². The van der Waals surface area contributed by atoms with Gasteiger partial charge in [-0.3, -0.25) is 4.79 Å². The van der Waals surface area contributed by atoms with Gasteiger partial charge in [0, 0.05) is 12.2 Å². The normalized spacial score (nSPS) is 10.3. The van der Waals surface area contributed by atoms with E-state index in [1.165, 1.54) is 11.1 Å². The highest BCUT2D eigenvalue weighted by Crippen LogP contribution is 2.18.